The molecule has 0 aromatic carbocycles. The summed E-state index contributed by atoms with van der Waals surface area (Å²) in [7, 11) is 1.52. The Kier molecular flexibility index (Phi) is 5.87. The Bertz CT molecular complexity index is 483. The van der Waals surface area contributed by atoms with Gasteiger partial charge in [0.15, 0.2) is 5.78 Å². The first kappa shape index (κ1) is 17.6. The van der Waals surface area contributed by atoms with Crippen LogP contribution in [-0.4, -0.2) is 30.5 Å². The molecule has 5 nitrogen and oxygen atoms in total. The average Bonchev–Trinajstić information content (AvgIpc) is 2.37. The fraction of sp³-hybridized carbons (Fsp3) is 0.750. The molecule has 0 amide bonds. The van der Waals surface area contributed by atoms with Crippen molar-refractivity contribution in [3.63, 3.8) is 0 Å². The van der Waals surface area contributed by atoms with Crippen LogP contribution in [0.2, 0.25) is 0 Å². The van der Waals surface area contributed by atoms with E-state index in [1.165, 1.54) is 7.11 Å². The molecule has 1 fully saturated rings. The molecular formula is C16H25NO4. The van der Waals surface area contributed by atoms with E-state index in [0.29, 0.717) is 12.0 Å². The number of allylic oxidation sites excluding steroid dienone is 1. The number of carbonyl (C=O) groups is 1. The van der Waals surface area contributed by atoms with Crippen LogP contribution >= 0.6 is 0 Å². The van der Waals surface area contributed by atoms with Gasteiger partial charge in [-0.25, -0.2) is 0 Å². The topological polar surface area (TPSA) is 69.4 Å². The number of nitrogens with zero attached hydrogens (tertiary/aromatic N) is 1. The molecule has 0 bridgehead atoms. The van der Waals surface area contributed by atoms with Gasteiger partial charge >= 0.3 is 0 Å². The van der Waals surface area contributed by atoms with E-state index >= 15 is 0 Å². The summed E-state index contributed by atoms with van der Waals surface area (Å²) in [6, 6.07) is 0. The average molecular weight is 295 g/mol. The highest BCUT2D eigenvalue weighted by Gasteiger charge is 2.42. The standard InChI is InChI=1S/C16H25NO4/c1-11(2)10-13-15(18)12(6-8-16(13,3)4)14(21-5)7-9-17(19)20/h12,14H,6-9H2,1-5H3/t12?,14-/m1/s1. The highest BCUT2D eigenvalue weighted by molar-refractivity contribution is 5.99. The van der Waals surface area contributed by atoms with Crippen LogP contribution in [0.3, 0.4) is 0 Å². The predicted octanol–water partition coefficient (Wildman–Crippen LogP) is 3.17. The van der Waals surface area contributed by atoms with Crippen LogP contribution in [0.5, 0.6) is 0 Å². The summed E-state index contributed by atoms with van der Waals surface area (Å²) in [6.07, 6.45) is 1.43. The van der Waals surface area contributed by atoms with E-state index in [0.717, 1.165) is 12.0 Å². The Balaban J connectivity index is 3.04. The van der Waals surface area contributed by atoms with Gasteiger partial charge in [-0.3, -0.25) is 14.9 Å². The Morgan fingerprint density at radius 3 is 2.62 bits per heavy atom. The van der Waals surface area contributed by atoms with Gasteiger partial charge in [-0.05, 0) is 32.3 Å². The lowest BCUT2D eigenvalue weighted by atomic mass is 9.67. The molecule has 0 aromatic rings. The van der Waals surface area contributed by atoms with Crippen molar-refractivity contribution in [3.05, 3.63) is 27.0 Å². The first-order valence-electron chi connectivity index (χ1n) is 7.32. The van der Waals surface area contributed by atoms with Crippen LogP contribution in [0, 0.1) is 21.4 Å². The second kappa shape index (κ2) is 7.01. The molecule has 1 unspecified atom stereocenters. The summed E-state index contributed by atoms with van der Waals surface area (Å²) in [5.41, 5.74) is 4.65. The third kappa shape index (κ3) is 4.51. The van der Waals surface area contributed by atoms with Crippen LogP contribution in [0.15, 0.2) is 16.9 Å². The van der Waals surface area contributed by atoms with Crippen molar-refractivity contribution in [3.8, 4) is 0 Å². The number of carbonyl (C=O) groups excluding carboxylic acids is 1. The number of hydrogen-bond donors (Lipinski definition) is 0. The number of Topliss-reactive ketones (excluding diaryl/α,β-unsaturated/α-hetero) is 1. The third-order valence-corrected chi connectivity index (χ3v) is 4.06. The van der Waals surface area contributed by atoms with Gasteiger partial charge in [0.2, 0.25) is 6.54 Å². The molecule has 5 heteroatoms. The lowest BCUT2D eigenvalue weighted by molar-refractivity contribution is -0.482. The second-order valence-electron chi connectivity index (χ2n) is 6.51. The Morgan fingerprint density at radius 1 is 1.52 bits per heavy atom. The molecule has 21 heavy (non-hydrogen) atoms. The lowest BCUT2D eigenvalue weighted by Crippen LogP contribution is -2.40. The van der Waals surface area contributed by atoms with Gasteiger partial charge in [-0.2, -0.15) is 0 Å². The second-order valence-corrected chi connectivity index (χ2v) is 6.51. The van der Waals surface area contributed by atoms with E-state index in [2.05, 4.69) is 5.73 Å². The van der Waals surface area contributed by atoms with Crippen LogP contribution in [-0.2, 0) is 9.53 Å². The summed E-state index contributed by atoms with van der Waals surface area (Å²) in [4.78, 5) is 22.9. The van der Waals surface area contributed by atoms with Crippen molar-refractivity contribution in [1.82, 2.24) is 0 Å². The monoisotopic (exact) mass is 295 g/mol. The van der Waals surface area contributed by atoms with Crippen molar-refractivity contribution in [2.75, 3.05) is 13.7 Å². The van der Waals surface area contributed by atoms with Gasteiger partial charge in [0.25, 0.3) is 0 Å². The minimum Gasteiger partial charge on any atom is -0.380 e. The zero-order valence-electron chi connectivity index (χ0n) is 13.6. The van der Waals surface area contributed by atoms with E-state index in [9.17, 15) is 14.9 Å². The Hall–Kier alpha value is -1.45. The molecule has 0 heterocycles. The van der Waals surface area contributed by atoms with Crippen molar-refractivity contribution < 1.29 is 14.5 Å². The normalized spacial score (nSPS) is 22.6. The number of ether oxygens (including phenoxy) is 1. The molecule has 0 saturated heterocycles. The summed E-state index contributed by atoms with van der Waals surface area (Å²) in [5, 5.41) is 10.5. The predicted molar refractivity (Wildman–Crippen MR) is 80.7 cm³/mol. The molecule has 0 spiro atoms. The van der Waals surface area contributed by atoms with Crippen molar-refractivity contribution in [1.29, 1.82) is 0 Å². The summed E-state index contributed by atoms with van der Waals surface area (Å²) in [5.74, 6) is -0.271. The van der Waals surface area contributed by atoms with Crippen molar-refractivity contribution in [2.45, 2.75) is 53.1 Å². The Morgan fingerprint density at radius 2 is 2.14 bits per heavy atom. The summed E-state index contributed by atoms with van der Waals surface area (Å²) < 4.78 is 5.36. The maximum atomic E-state index is 12.8. The molecule has 0 aromatic heterocycles. The number of methoxy groups -OCH3 is 1. The number of ketones is 1. The molecule has 1 rings (SSSR count). The van der Waals surface area contributed by atoms with Crippen molar-refractivity contribution >= 4 is 5.78 Å². The lowest BCUT2D eigenvalue weighted by Gasteiger charge is -2.37. The molecular weight excluding hydrogens is 270 g/mol. The van der Waals surface area contributed by atoms with Crippen LogP contribution in [0.4, 0.5) is 0 Å². The fourth-order valence-electron chi connectivity index (χ4n) is 2.84. The first-order valence-corrected chi connectivity index (χ1v) is 7.32. The van der Waals surface area contributed by atoms with E-state index < -0.39 is 6.10 Å². The smallest absolute Gasteiger partial charge is 0.206 e. The van der Waals surface area contributed by atoms with E-state index in [4.69, 9.17) is 4.74 Å². The minimum atomic E-state index is -0.395. The maximum Gasteiger partial charge on any atom is 0.206 e. The number of nitro groups is 1. The molecule has 0 radical (unpaired) electrons. The van der Waals surface area contributed by atoms with Gasteiger partial charge in [-0.15, -0.1) is 5.73 Å². The van der Waals surface area contributed by atoms with Gasteiger partial charge < -0.3 is 4.74 Å². The molecule has 1 aliphatic rings. The van der Waals surface area contributed by atoms with Gasteiger partial charge in [0.1, 0.15) is 0 Å². The largest absolute Gasteiger partial charge is 0.380 e. The van der Waals surface area contributed by atoms with Gasteiger partial charge in [0.05, 0.1) is 6.10 Å². The molecule has 0 aliphatic heterocycles. The third-order valence-electron chi connectivity index (χ3n) is 4.06. The number of rotatable bonds is 5. The summed E-state index contributed by atoms with van der Waals surface area (Å²) in [6.45, 7) is 7.75. The molecule has 2 atom stereocenters. The highest BCUT2D eigenvalue weighted by Crippen LogP contribution is 2.42. The van der Waals surface area contributed by atoms with Crippen molar-refractivity contribution in [2.24, 2.45) is 11.3 Å². The first-order chi connectivity index (χ1) is 9.69. The summed E-state index contributed by atoms with van der Waals surface area (Å²) >= 11 is 0. The van der Waals surface area contributed by atoms with Gasteiger partial charge in [-0.1, -0.05) is 13.8 Å². The molecule has 0 N–H and O–H groups in total. The maximum absolute atomic E-state index is 12.8. The minimum absolute atomic E-state index is 0.0302. The fourth-order valence-corrected chi connectivity index (χ4v) is 2.84. The van der Waals surface area contributed by atoms with Crippen LogP contribution in [0.25, 0.3) is 0 Å². The highest BCUT2D eigenvalue weighted by atomic mass is 16.6. The quantitative estimate of drug-likeness (QED) is 0.338. The van der Waals surface area contributed by atoms with E-state index in [1.54, 1.807) is 0 Å². The SMILES string of the molecule is CO[C@H](CC[N+](=O)[O-])C1CCC(C)(C)C(=C=C(C)C)C1=O. The van der Waals surface area contributed by atoms with E-state index in [-0.39, 0.29) is 35.0 Å². The molecule has 118 valence electrons. The van der Waals surface area contributed by atoms with Crippen LogP contribution < -0.4 is 0 Å². The van der Waals surface area contributed by atoms with E-state index in [1.807, 2.05) is 27.7 Å². The molecule has 1 aliphatic carbocycles. The van der Waals surface area contributed by atoms with Gasteiger partial charge in [0, 0.05) is 35.4 Å². The Labute approximate surface area is 126 Å². The van der Waals surface area contributed by atoms with Crippen LogP contribution in [0.1, 0.15) is 47.0 Å². The zero-order valence-corrected chi connectivity index (χ0v) is 13.6. The number of hydrogen-bond acceptors (Lipinski definition) is 4. The zero-order chi connectivity index (χ0) is 16.2. The molecule has 1 saturated carbocycles.